The van der Waals surface area contributed by atoms with Gasteiger partial charge in [0.2, 0.25) is 0 Å². The van der Waals surface area contributed by atoms with Gasteiger partial charge in [-0.3, -0.25) is 4.79 Å². The Bertz CT molecular complexity index is 426. The van der Waals surface area contributed by atoms with Crippen molar-refractivity contribution in [3.05, 3.63) is 16.1 Å². The topological polar surface area (TPSA) is 51.2 Å². The molecule has 2 heterocycles. The lowest BCUT2D eigenvalue weighted by atomic mass is 10.2. The Labute approximate surface area is 104 Å². The maximum atomic E-state index is 11.9. The minimum atomic E-state index is -0.0418. The van der Waals surface area contributed by atoms with Crippen molar-refractivity contribution >= 4 is 17.2 Å². The van der Waals surface area contributed by atoms with Crippen molar-refractivity contribution in [2.24, 2.45) is 5.92 Å². The molecule has 1 amide bonds. The Balaban J connectivity index is 1.64. The van der Waals surface area contributed by atoms with E-state index in [2.05, 4.69) is 17.2 Å². The zero-order chi connectivity index (χ0) is 11.8. The van der Waals surface area contributed by atoms with Crippen LogP contribution >= 0.6 is 11.3 Å². The summed E-state index contributed by atoms with van der Waals surface area (Å²) in [6, 6.07) is 0.357. The molecule has 1 aliphatic heterocycles. The average Bonchev–Trinajstić information content (AvgIpc) is 2.86. The number of thiazole rings is 1. The summed E-state index contributed by atoms with van der Waals surface area (Å²) in [5, 5.41) is 5.76. The van der Waals surface area contributed by atoms with Crippen molar-refractivity contribution in [3.8, 4) is 0 Å². The van der Waals surface area contributed by atoms with E-state index < -0.39 is 0 Å². The minimum absolute atomic E-state index is 0.0418. The molecule has 3 unspecified atom stereocenters. The van der Waals surface area contributed by atoms with Crippen molar-refractivity contribution in [2.75, 3.05) is 6.61 Å². The van der Waals surface area contributed by atoms with Crippen LogP contribution in [-0.4, -0.2) is 23.5 Å². The predicted octanol–water partition coefficient (Wildman–Crippen LogP) is 2.13. The van der Waals surface area contributed by atoms with Crippen molar-refractivity contribution in [2.45, 2.75) is 38.3 Å². The van der Waals surface area contributed by atoms with Crippen LogP contribution in [0.3, 0.4) is 0 Å². The molecule has 1 saturated carbocycles. The molecule has 0 bridgehead atoms. The molecule has 1 aromatic heterocycles. The number of carbonyl (C=O) groups is 1. The molecule has 5 heteroatoms. The second-order valence-electron chi connectivity index (χ2n) is 4.87. The summed E-state index contributed by atoms with van der Waals surface area (Å²) in [6.07, 6.45) is 3.31. The Kier molecular flexibility index (Phi) is 2.88. The SMILES string of the molecule is CC1CC1NC(=O)c1csc(C2CCCO2)n1. The first kappa shape index (κ1) is 11.2. The third-order valence-electron chi connectivity index (χ3n) is 3.39. The first-order valence-corrected chi connectivity index (χ1v) is 7.00. The summed E-state index contributed by atoms with van der Waals surface area (Å²) in [6.45, 7) is 2.95. The van der Waals surface area contributed by atoms with E-state index in [1.54, 1.807) is 0 Å². The van der Waals surface area contributed by atoms with E-state index in [-0.39, 0.29) is 12.0 Å². The Morgan fingerprint density at radius 3 is 3.12 bits per heavy atom. The highest BCUT2D eigenvalue weighted by Gasteiger charge is 2.34. The van der Waals surface area contributed by atoms with Crippen molar-refractivity contribution in [1.29, 1.82) is 0 Å². The molecule has 3 atom stereocenters. The summed E-state index contributed by atoms with van der Waals surface area (Å²) < 4.78 is 5.56. The molecule has 0 aromatic carbocycles. The second-order valence-corrected chi connectivity index (χ2v) is 5.76. The molecule has 2 fully saturated rings. The lowest BCUT2D eigenvalue weighted by Crippen LogP contribution is -2.26. The lowest BCUT2D eigenvalue weighted by Gasteiger charge is -2.04. The molecule has 2 aliphatic rings. The van der Waals surface area contributed by atoms with E-state index in [0.29, 0.717) is 17.7 Å². The maximum absolute atomic E-state index is 11.9. The number of amides is 1. The van der Waals surface area contributed by atoms with Gasteiger partial charge in [-0.1, -0.05) is 6.92 Å². The van der Waals surface area contributed by atoms with Gasteiger partial charge in [0.1, 0.15) is 16.8 Å². The molecule has 1 N–H and O–H groups in total. The lowest BCUT2D eigenvalue weighted by molar-refractivity contribution is 0.0942. The fourth-order valence-electron chi connectivity index (χ4n) is 2.08. The van der Waals surface area contributed by atoms with Crippen LogP contribution in [0, 0.1) is 5.92 Å². The summed E-state index contributed by atoms with van der Waals surface area (Å²) in [7, 11) is 0. The van der Waals surface area contributed by atoms with Gasteiger partial charge in [-0.15, -0.1) is 11.3 Å². The largest absolute Gasteiger partial charge is 0.371 e. The summed E-state index contributed by atoms with van der Waals surface area (Å²) in [5.41, 5.74) is 0.541. The van der Waals surface area contributed by atoms with Gasteiger partial charge in [0.05, 0.1) is 0 Å². The maximum Gasteiger partial charge on any atom is 0.270 e. The highest BCUT2D eigenvalue weighted by Crippen LogP contribution is 2.31. The minimum Gasteiger partial charge on any atom is -0.371 e. The Hall–Kier alpha value is -0.940. The molecule has 0 spiro atoms. The second kappa shape index (κ2) is 4.38. The van der Waals surface area contributed by atoms with Gasteiger partial charge in [-0.25, -0.2) is 4.98 Å². The third-order valence-corrected chi connectivity index (χ3v) is 4.32. The fraction of sp³-hybridized carbons (Fsp3) is 0.667. The molecule has 1 aromatic rings. The van der Waals surface area contributed by atoms with E-state index in [1.165, 1.54) is 11.3 Å². The third kappa shape index (κ3) is 2.35. The van der Waals surface area contributed by atoms with Crippen LogP contribution in [0.15, 0.2) is 5.38 Å². The van der Waals surface area contributed by atoms with E-state index in [4.69, 9.17) is 4.74 Å². The van der Waals surface area contributed by atoms with Gasteiger partial charge in [0.15, 0.2) is 0 Å². The molecule has 17 heavy (non-hydrogen) atoms. The van der Waals surface area contributed by atoms with Crippen molar-refractivity contribution in [3.63, 3.8) is 0 Å². The monoisotopic (exact) mass is 252 g/mol. The molecule has 3 rings (SSSR count). The summed E-state index contributed by atoms with van der Waals surface area (Å²) in [4.78, 5) is 16.2. The first-order chi connectivity index (χ1) is 8.24. The van der Waals surface area contributed by atoms with Gasteiger partial charge < -0.3 is 10.1 Å². The highest BCUT2D eigenvalue weighted by molar-refractivity contribution is 7.09. The van der Waals surface area contributed by atoms with Gasteiger partial charge in [-0.2, -0.15) is 0 Å². The van der Waals surface area contributed by atoms with Crippen LogP contribution in [0.25, 0.3) is 0 Å². The number of carbonyl (C=O) groups excluding carboxylic acids is 1. The van der Waals surface area contributed by atoms with E-state index in [0.717, 1.165) is 30.9 Å². The predicted molar refractivity (Wildman–Crippen MR) is 65.1 cm³/mol. The van der Waals surface area contributed by atoms with Crippen LogP contribution < -0.4 is 5.32 Å². The number of hydrogen-bond donors (Lipinski definition) is 1. The van der Waals surface area contributed by atoms with Gasteiger partial charge in [0, 0.05) is 18.0 Å². The molecular formula is C12H16N2O2S. The number of ether oxygens (including phenoxy) is 1. The molecule has 1 aliphatic carbocycles. The average molecular weight is 252 g/mol. The number of nitrogens with one attached hydrogen (secondary N) is 1. The summed E-state index contributed by atoms with van der Waals surface area (Å²) >= 11 is 1.53. The van der Waals surface area contributed by atoms with Gasteiger partial charge in [-0.05, 0) is 25.2 Å². The number of aromatic nitrogens is 1. The molecular weight excluding hydrogens is 236 g/mol. The number of rotatable bonds is 3. The Morgan fingerprint density at radius 2 is 2.47 bits per heavy atom. The van der Waals surface area contributed by atoms with Crippen LogP contribution in [0.4, 0.5) is 0 Å². The standard InChI is InChI=1S/C12H16N2O2S/c1-7-5-8(7)13-11(15)9-6-17-12(14-9)10-3-2-4-16-10/h6-8,10H,2-5H2,1H3,(H,13,15). The smallest absolute Gasteiger partial charge is 0.270 e. The zero-order valence-corrected chi connectivity index (χ0v) is 10.6. The quantitative estimate of drug-likeness (QED) is 0.896. The van der Waals surface area contributed by atoms with Crippen molar-refractivity contribution in [1.82, 2.24) is 10.3 Å². The summed E-state index contributed by atoms with van der Waals surface area (Å²) in [5.74, 6) is 0.579. The normalized spacial score (nSPS) is 31.5. The molecule has 1 saturated heterocycles. The number of nitrogens with zero attached hydrogens (tertiary/aromatic N) is 1. The van der Waals surface area contributed by atoms with Gasteiger partial charge >= 0.3 is 0 Å². The van der Waals surface area contributed by atoms with Crippen molar-refractivity contribution < 1.29 is 9.53 Å². The van der Waals surface area contributed by atoms with Gasteiger partial charge in [0.25, 0.3) is 5.91 Å². The van der Waals surface area contributed by atoms with E-state index in [9.17, 15) is 4.79 Å². The molecule has 0 radical (unpaired) electrons. The molecule has 4 nitrogen and oxygen atoms in total. The van der Waals surface area contributed by atoms with Crippen LogP contribution in [0.2, 0.25) is 0 Å². The first-order valence-electron chi connectivity index (χ1n) is 6.12. The fourth-order valence-corrected chi connectivity index (χ4v) is 2.96. The van der Waals surface area contributed by atoms with E-state index >= 15 is 0 Å². The highest BCUT2D eigenvalue weighted by atomic mass is 32.1. The van der Waals surface area contributed by atoms with Crippen LogP contribution in [0.1, 0.15) is 47.8 Å². The number of hydrogen-bond acceptors (Lipinski definition) is 4. The Morgan fingerprint density at radius 1 is 1.65 bits per heavy atom. The zero-order valence-electron chi connectivity index (χ0n) is 9.81. The van der Waals surface area contributed by atoms with Crippen LogP contribution in [0.5, 0.6) is 0 Å². The van der Waals surface area contributed by atoms with Crippen LogP contribution in [-0.2, 0) is 4.74 Å². The van der Waals surface area contributed by atoms with E-state index in [1.807, 2.05) is 5.38 Å². The molecule has 92 valence electrons.